The molecule has 1 aromatic carbocycles. The molecule has 0 bridgehead atoms. The summed E-state index contributed by atoms with van der Waals surface area (Å²) in [6.45, 7) is 1.55. The largest absolute Gasteiger partial charge is 0.493 e. The highest BCUT2D eigenvalue weighted by Gasteiger charge is 2.01. The van der Waals surface area contributed by atoms with Crippen molar-refractivity contribution < 1.29 is 4.74 Å². The molecule has 0 spiro atoms. The minimum absolute atomic E-state index is 0.762. The summed E-state index contributed by atoms with van der Waals surface area (Å²) in [5.74, 6) is 0.930. The van der Waals surface area contributed by atoms with E-state index < -0.39 is 0 Å². The molecular formula is C15H20N2O. The van der Waals surface area contributed by atoms with Crippen LogP contribution in [0, 0.1) is 0 Å². The maximum absolute atomic E-state index is 5.83. The summed E-state index contributed by atoms with van der Waals surface area (Å²) >= 11 is 0. The molecule has 0 amide bonds. The number of ether oxygens (including phenoxy) is 1. The smallest absolute Gasteiger partial charge is 0.128 e. The molecule has 1 aromatic heterocycles. The Labute approximate surface area is 108 Å². The number of pyridine rings is 1. The molecule has 2 aromatic rings. The van der Waals surface area contributed by atoms with Crippen LogP contribution in [0.2, 0.25) is 0 Å². The lowest BCUT2D eigenvalue weighted by Gasteiger charge is -2.08. The van der Waals surface area contributed by atoms with Crippen LogP contribution in [0.3, 0.4) is 0 Å². The van der Waals surface area contributed by atoms with E-state index in [2.05, 4.69) is 4.98 Å². The molecule has 18 heavy (non-hydrogen) atoms. The van der Waals surface area contributed by atoms with E-state index >= 15 is 0 Å². The average Bonchev–Trinajstić information content (AvgIpc) is 2.43. The third-order valence-corrected chi connectivity index (χ3v) is 2.96. The topological polar surface area (TPSA) is 48.1 Å². The van der Waals surface area contributed by atoms with Crippen LogP contribution < -0.4 is 10.5 Å². The van der Waals surface area contributed by atoms with E-state index in [1.54, 1.807) is 6.20 Å². The number of hydrogen-bond acceptors (Lipinski definition) is 3. The third-order valence-electron chi connectivity index (χ3n) is 2.96. The van der Waals surface area contributed by atoms with Crippen LogP contribution in [-0.2, 0) is 0 Å². The minimum atomic E-state index is 0.762. The van der Waals surface area contributed by atoms with E-state index in [-0.39, 0.29) is 0 Å². The standard InChI is InChI=1S/C15H20N2O/c16-10-3-1-2-4-12-18-15-9-5-8-14-13(15)7-6-11-17-14/h5-9,11H,1-4,10,12,16H2. The number of rotatable bonds is 7. The number of nitrogens with zero attached hydrogens (tertiary/aromatic N) is 1. The fourth-order valence-corrected chi connectivity index (χ4v) is 1.98. The molecule has 0 aliphatic heterocycles. The molecule has 3 nitrogen and oxygen atoms in total. The van der Waals surface area contributed by atoms with E-state index in [1.807, 2.05) is 30.3 Å². The SMILES string of the molecule is NCCCCCCOc1cccc2ncccc12. The van der Waals surface area contributed by atoms with Crippen molar-refractivity contribution in [3.63, 3.8) is 0 Å². The predicted octanol–water partition coefficient (Wildman–Crippen LogP) is 3.13. The third kappa shape index (κ3) is 3.44. The van der Waals surface area contributed by atoms with Crippen molar-refractivity contribution in [2.75, 3.05) is 13.2 Å². The van der Waals surface area contributed by atoms with Gasteiger partial charge in [0.25, 0.3) is 0 Å². The van der Waals surface area contributed by atoms with Crippen LogP contribution in [0.5, 0.6) is 5.75 Å². The first kappa shape index (κ1) is 12.8. The Balaban J connectivity index is 1.88. The summed E-state index contributed by atoms with van der Waals surface area (Å²) in [6.07, 6.45) is 6.37. The van der Waals surface area contributed by atoms with Gasteiger partial charge in [0.2, 0.25) is 0 Å². The molecule has 0 saturated carbocycles. The first-order valence-corrected chi connectivity index (χ1v) is 6.58. The first-order valence-electron chi connectivity index (χ1n) is 6.58. The number of fused-ring (bicyclic) bond motifs is 1. The van der Waals surface area contributed by atoms with Crippen LogP contribution in [0.4, 0.5) is 0 Å². The van der Waals surface area contributed by atoms with Gasteiger partial charge in [-0.05, 0) is 43.7 Å². The van der Waals surface area contributed by atoms with Gasteiger partial charge in [-0.2, -0.15) is 0 Å². The zero-order valence-corrected chi connectivity index (χ0v) is 10.6. The molecule has 0 saturated heterocycles. The second-order valence-corrected chi connectivity index (χ2v) is 4.38. The number of unbranched alkanes of at least 4 members (excludes halogenated alkanes) is 3. The van der Waals surface area contributed by atoms with Gasteiger partial charge < -0.3 is 10.5 Å². The van der Waals surface area contributed by atoms with E-state index in [9.17, 15) is 0 Å². The summed E-state index contributed by atoms with van der Waals surface area (Å²) in [5, 5.41) is 1.09. The number of benzene rings is 1. The van der Waals surface area contributed by atoms with Gasteiger partial charge in [-0.25, -0.2) is 0 Å². The second-order valence-electron chi connectivity index (χ2n) is 4.38. The van der Waals surface area contributed by atoms with Gasteiger partial charge in [-0.3, -0.25) is 4.98 Å². The molecule has 3 heteroatoms. The summed E-state index contributed by atoms with van der Waals surface area (Å²) in [7, 11) is 0. The van der Waals surface area contributed by atoms with E-state index in [0.29, 0.717) is 0 Å². The maximum atomic E-state index is 5.83. The molecule has 1 heterocycles. The Bertz CT molecular complexity index is 479. The van der Waals surface area contributed by atoms with Crippen molar-refractivity contribution >= 4 is 10.9 Å². The summed E-state index contributed by atoms with van der Waals surface area (Å²) in [6, 6.07) is 9.98. The highest BCUT2D eigenvalue weighted by molar-refractivity contribution is 5.84. The molecule has 0 aliphatic rings. The molecule has 0 radical (unpaired) electrons. The summed E-state index contributed by atoms with van der Waals surface area (Å²) in [5.41, 5.74) is 6.44. The Morgan fingerprint density at radius 3 is 2.78 bits per heavy atom. The van der Waals surface area contributed by atoms with Gasteiger partial charge in [0.05, 0.1) is 12.1 Å². The molecule has 96 valence electrons. The quantitative estimate of drug-likeness (QED) is 0.761. The van der Waals surface area contributed by atoms with Crippen LogP contribution >= 0.6 is 0 Å². The number of aromatic nitrogens is 1. The zero-order chi connectivity index (χ0) is 12.6. The monoisotopic (exact) mass is 244 g/mol. The van der Waals surface area contributed by atoms with Gasteiger partial charge in [0, 0.05) is 11.6 Å². The van der Waals surface area contributed by atoms with Crippen molar-refractivity contribution in [1.29, 1.82) is 0 Å². The highest BCUT2D eigenvalue weighted by atomic mass is 16.5. The van der Waals surface area contributed by atoms with Crippen molar-refractivity contribution in [3.8, 4) is 5.75 Å². The van der Waals surface area contributed by atoms with Gasteiger partial charge in [-0.1, -0.05) is 18.9 Å². The maximum Gasteiger partial charge on any atom is 0.128 e. The van der Waals surface area contributed by atoms with E-state index in [0.717, 1.165) is 42.6 Å². The second kappa shape index (κ2) is 6.97. The summed E-state index contributed by atoms with van der Waals surface area (Å²) < 4.78 is 5.83. The molecule has 0 aliphatic carbocycles. The molecule has 2 N–H and O–H groups in total. The van der Waals surface area contributed by atoms with Crippen LogP contribution in [0.1, 0.15) is 25.7 Å². The van der Waals surface area contributed by atoms with Gasteiger partial charge >= 0.3 is 0 Å². The Kier molecular flexibility index (Phi) is 4.97. The number of hydrogen-bond donors (Lipinski definition) is 1. The number of nitrogens with two attached hydrogens (primary N) is 1. The van der Waals surface area contributed by atoms with Crippen LogP contribution in [0.15, 0.2) is 36.5 Å². The minimum Gasteiger partial charge on any atom is -0.493 e. The lowest BCUT2D eigenvalue weighted by molar-refractivity contribution is 0.308. The van der Waals surface area contributed by atoms with Crippen molar-refractivity contribution in [1.82, 2.24) is 4.98 Å². The Morgan fingerprint density at radius 1 is 1.00 bits per heavy atom. The van der Waals surface area contributed by atoms with Crippen molar-refractivity contribution in [3.05, 3.63) is 36.5 Å². The van der Waals surface area contributed by atoms with Crippen molar-refractivity contribution in [2.24, 2.45) is 5.73 Å². The van der Waals surface area contributed by atoms with Gasteiger partial charge in [-0.15, -0.1) is 0 Å². The van der Waals surface area contributed by atoms with Crippen LogP contribution in [-0.4, -0.2) is 18.1 Å². The average molecular weight is 244 g/mol. The molecule has 0 unspecified atom stereocenters. The Hall–Kier alpha value is -1.61. The highest BCUT2D eigenvalue weighted by Crippen LogP contribution is 2.23. The van der Waals surface area contributed by atoms with Crippen LogP contribution in [0.25, 0.3) is 10.9 Å². The molecule has 2 rings (SSSR count). The predicted molar refractivity (Wildman–Crippen MR) is 74.8 cm³/mol. The van der Waals surface area contributed by atoms with Crippen molar-refractivity contribution in [2.45, 2.75) is 25.7 Å². The van der Waals surface area contributed by atoms with Gasteiger partial charge in [0.15, 0.2) is 0 Å². The Morgan fingerprint density at radius 2 is 1.89 bits per heavy atom. The van der Waals surface area contributed by atoms with Gasteiger partial charge in [0.1, 0.15) is 5.75 Å². The normalized spacial score (nSPS) is 10.7. The zero-order valence-electron chi connectivity index (χ0n) is 10.6. The fraction of sp³-hybridized carbons (Fsp3) is 0.400. The lowest BCUT2D eigenvalue weighted by Crippen LogP contribution is -2.00. The summed E-state index contributed by atoms with van der Waals surface area (Å²) in [4.78, 5) is 4.32. The molecular weight excluding hydrogens is 224 g/mol. The fourth-order valence-electron chi connectivity index (χ4n) is 1.98. The van der Waals surface area contributed by atoms with E-state index in [1.165, 1.54) is 12.8 Å². The van der Waals surface area contributed by atoms with E-state index in [4.69, 9.17) is 10.5 Å². The molecule has 0 atom stereocenters. The first-order chi connectivity index (χ1) is 8.92. The molecule has 0 fully saturated rings. The lowest BCUT2D eigenvalue weighted by atomic mass is 10.2.